The van der Waals surface area contributed by atoms with E-state index in [0.29, 0.717) is 23.2 Å². The zero-order chi connectivity index (χ0) is 33.0. The lowest BCUT2D eigenvalue weighted by Gasteiger charge is -2.63. The second-order valence-electron chi connectivity index (χ2n) is 20.8. The summed E-state index contributed by atoms with van der Waals surface area (Å²) in [4.78, 5) is 16.7. The maximum atomic E-state index is 11.4. The van der Waals surface area contributed by atoms with Crippen LogP contribution >= 0.6 is 0 Å². The summed E-state index contributed by atoms with van der Waals surface area (Å²) in [5, 5.41) is 3.92. The van der Waals surface area contributed by atoms with Gasteiger partial charge in [0, 0.05) is 29.7 Å². The fraction of sp³-hybridized carbons (Fsp3) is 0.977. The van der Waals surface area contributed by atoms with Crippen LogP contribution in [0.4, 0.5) is 0 Å². The molecule has 15 rings (SSSR count). The standard InChI is InChI=1S/C15H24N2O.C15H26N2.C13H21N/c16-14(18)9-17-3-1-2-15(17)12-5-10-4-11(7-12)8-13(15)6-10;16-3-5-17-4-1-2-15(17)13-7-11-6-12(9-13)10-14(15)8-11;1-2-13(14-3-1)11-5-9-4-10(7-11)8-12(13)6-9/h10-13H,1-9H2,(H2,16,18);11-14H,1-10,16H2;9-12,14H,1-8H2. The Bertz CT molecular complexity index is 1150. The summed E-state index contributed by atoms with van der Waals surface area (Å²) in [6.07, 6.45) is 31.3. The monoisotopic (exact) mass is 674 g/mol. The molecular weight excluding hydrogens is 603 g/mol. The van der Waals surface area contributed by atoms with Crippen molar-refractivity contribution in [3.05, 3.63) is 0 Å². The largest absolute Gasteiger partial charge is 0.369 e. The van der Waals surface area contributed by atoms with E-state index < -0.39 is 0 Å². The first kappa shape index (κ1) is 32.9. The highest BCUT2D eigenvalue weighted by Crippen LogP contribution is 2.64. The number of rotatable bonds is 4. The Morgan fingerprint density at radius 1 is 0.551 bits per heavy atom. The molecule has 5 N–H and O–H groups in total. The normalized spacial score (nSPS) is 53.9. The van der Waals surface area contributed by atoms with Gasteiger partial charge < -0.3 is 16.8 Å². The van der Waals surface area contributed by atoms with Crippen LogP contribution in [0.25, 0.3) is 0 Å². The average molecular weight is 674 g/mol. The highest BCUT2D eigenvalue weighted by atomic mass is 16.1. The van der Waals surface area contributed by atoms with E-state index in [-0.39, 0.29) is 5.91 Å². The smallest absolute Gasteiger partial charge is 0.231 e. The van der Waals surface area contributed by atoms with Gasteiger partial charge in [-0.3, -0.25) is 14.6 Å². The van der Waals surface area contributed by atoms with E-state index in [0.717, 1.165) is 90.6 Å². The van der Waals surface area contributed by atoms with Gasteiger partial charge in [0.1, 0.15) is 0 Å². The third-order valence-electron chi connectivity index (χ3n) is 18.9. The lowest BCUT2D eigenvalue weighted by atomic mass is 9.48. The summed E-state index contributed by atoms with van der Waals surface area (Å²) in [6, 6.07) is 0. The van der Waals surface area contributed by atoms with E-state index in [1.807, 2.05) is 0 Å². The number of nitrogens with two attached hydrogens (primary N) is 2. The molecule has 6 nitrogen and oxygen atoms in total. The van der Waals surface area contributed by atoms with Crippen molar-refractivity contribution >= 4 is 5.91 Å². The van der Waals surface area contributed by atoms with Crippen LogP contribution < -0.4 is 16.8 Å². The number of amides is 1. The Morgan fingerprint density at radius 3 is 1.35 bits per heavy atom. The number of carbonyl (C=O) groups excluding carboxylic acids is 1. The number of hydrogen-bond donors (Lipinski definition) is 3. The molecule has 12 bridgehead atoms. The summed E-state index contributed by atoms with van der Waals surface area (Å²) in [5.74, 6) is 12.3. The van der Waals surface area contributed by atoms with Crippen LogP contribution in [0.15, 0.2) is 0 Å². The molecule has 15 fully saturated rings. The van der Waals surface area contributed by atoms with Gasteiger partial charge in [-0.2, -0.15) is 0 Å². The maximum Gasteiger partial charge on any atom is 0.231 e. The summed E-state index contributed by atoms with van der Waals surface area (Å²) in [7, 11) is 0. The molecule has 12 aliphatic carbocycles. The quantitative estimate of drug-likeness (QED) is 0.315. The van der Waals surface area contributed by atoms with Gasteiger partial charge in [-0.05, 0) is 225 Å². The van der Waals surface area contributed by atoms with E-state index in [1.165, 1.54) is 83.7 Å². The molecule has 49 heavy (non-hydrogen) atoms. The van der Waals surface area contributed by atoms with Gasteiger partial charge in [0.25, 0.3) is 0 Å². The van der Waals surface area contributed by atoms with Gasteiger partial charge in [0.05, 0.1) is 6.54 Å². The summed E-state index contributed by atoms with van der Waals surface area (Å²) in [6.45, 7) is 6.26. The molecule has 12 saturated carbocycles. The molecule has 6 heteroatoms. The molecule has 0 aromatic rings. The van der Waals surface area contributed by atoms with Crippen LogP contribution in [-0.2, 0) is 4.79 Å². The molecule has 0 unspecified atom stereocenters. The van der Waals surface area contributed by atoms with Crippen LogP contribution in [0.1, 0.15) is 135 Å². The number of carbonyl (C=O) groups is 1. The van der Waals surface area contributed by atoms with Crippen LogP contribution in [0, 0.1) is 71.0 Å². The van der Waals surface area contributed by atoms with Crippen molar-refractivity contribution < 1.29 is 4.79 Å². The molecule has 3 heterocycles. The zero-order valence-corrected chi connectivity index (χ0v) is 31.0. The number of hydrogen-bond acceptors (Lipinski definition) is 5. The summed E-state index contributed by atoms with van der Waals surface area (Å²) < 4.78 is 0. The predicted molar refractivity (Wildman–Crippen MR) is 196 cm³/mol. The van der Waals surface area contributed by atoms with Gasteiger partial charge in [-0.25, -0.2) is 0 Å². The van der Waals surface area contributed by atoms with E-state index >= 15 is 0 Å². The Morgan fingerprint density at radius 2 is 0.959 bits per heavy atom. The van der Waals surface area contributed by atoms with Gasteiger partial charge in [-0.15, -0.1) is 0 Å². The molecule has 3 saturated heterocycles. The predicted octanol–water partition coefficient (Wildman–Crippen LogP) is 6.56. The lowest BCUT2D eigenvalue weighted by molar-refractivity contribution is -0.134. The highest BCUT2D eigenvalue weighted by molar-refractivity contribution is 5.76. The SMILES string of the molecule is C1CNC2(C1)C1CC3CC(C1)CC2C3.NC(=O)CN1CCCC12C1CC3CC(C1)CC2C3.NCCN1CCCC12C1CC3CC(C1)CC2C3. The van der Waals surface area contributed by atoms with E-state index in [9.17, 15) is 4.79 Å². The van der Waals surface area contributed by atoms with Crippen molar-refractivity contribution in [2.24, 2.45) is 82.5 Å². The van der Waals surface area contributed by atoms with Crippen molar-refractivity contribution in [1.82, 2.24) is 15.1 Å². The minimum Gasteiger partial charge on any atom is -0.369 e. The third-order valence-corrected chi connectivity index (χ3v) is 18.9. The topological polar surface area (TPSA) is 87.6 Å². The van der Waals surface area contributed by atoms with Crippen molar-refractivity contribution in [3.8, 4) is 0 Å². The lowest BCUT2D eigenvalue weighted by Crippen LogP contribution is -2.64. The first-order valence-corrected chi connectivity index (χ1v) is 22.1. The summed E-state index contributed by atoms with van der Waals surface area (Å²) >= 11 is 0. The molecule has 1 amide bonds. The Labute approximate surface area is 298 Å². The molecule has 3 spiro atoms. The van der Waals surface area contributed by atoms with Gasteiger partial charge in [0.2, 0.25) is 5.91 Å². The maximum absolute atomic E-state index is 11.4. The first-order chi connectivity index (χ1) is 23.9. The van der Waals surface area contributed by atoms with Crippen LogP contribution in [0.2, 0.25) is 0 Å². The second-order valence-corrected chi connectivity index (χ2v) is 20.8. The average Bonchev–Trinajstić information content (AvgIpc) is 3.82. The van der Waals surface area contributed by atoms with Crippen molar-refractivity contribution in [2.75, 3.05) is 39.3 Å². The van der Waals surface area contributed by atoms with E-state index in [4.69, 9.17) is 11.5 Å². The fourth-order valence-corrected chi connectivity index (χ4v) is 18.1. The molecule has 0 atom stereocenters. The van der Waals surface area contributed by atoms with Crippen LogP contribution in [-0.4, -0.2) is 71.6 Å². The van der Waals surface area contributed by atoms with Crippen molar-refractivity contribution in [2.45, 2.75) is 151 Å². The number of likely N-dealkylation sites (tertiary alicyclic amines) is 2. The first-order valence-electron chi connectivity index (χ1n) is 22.1. The van der Waals surface area contributed by atoms with Gasteiger partial charge in [-0.1, -0.05) is 0 Å². The second kappa shape index (κ2) is 12.4. The summed E-state index contributed by atoms with van der Waals surface area (Å²) in [5.41, 5.74) is 13.0. The van der Waals surface area contributed by atoms with E-state index in [1.54, 1.807) is 64.2 Å². The molecular formula is C43H71N5O. The fourth-order valence-electron chi connectivity index (χ4n) is 18.1. The Kier molecular flexibility index (Phi) is 8.36. The zero-order valence-electron chi connectivity index (χ0n) is 31.0. The van der Waals surface area contributed by atoms with Crippen molar-refractivity contribution in [1.29, 1.82) is 0 Å². The van der Waals surface area contributed by atoms with E-state index in [2.05, 4.69) is 15.1 Å². The van der Waals surface area contributed by atoms with Crippen molar-refractivity contribution in [3.63, 3.8) is 0 Å². The molecule has 0 aromatic heterocycles. The van der Waals surface area contributed by atoms with Crippen LogP contribution in [0.5, 0.6) is 0 Å². The Hall–Kier alpha value is -0.690. The molecule has 0 aromatic carbocycles. The van der Waals surface area contributed by atoms with Gasteiger partial charge >= 0.3 is 0 Å². The molecule has 3 aliphatic heterocycles. The Balaban J connectivity index is 0.0000000943. The highest BCUT2D eigenvalue weighted by Gasteiger charge is 2.62. The van der Waals surface area contributed by atoms with Gasteiger partial charge in [0.15, 0.2) is 0 Å². The number of nitrogens with zero attached hydrogens (tertiary/aromatic N) is 2. The number of primary amides is 1. The minimum atomic E-state index is -0.134. The van der Waals surface area contributed by atoms with Crippen LogP contribution in [0.3, 0.4) is 0 Å². The number of nitrogens with one attached hydrogen (secondary N) is 1. The molecule has 15 aliphatic rings. The minimum absolute atomic E-state index is 0.134. The molecule has 274 valence electrons. The molecule has 0 radical (unpaired) electrons. The third kappa shape index (κ3) is 5.15.